The van der Waals surface area contributed by atoms with E-state index < -0.39 is 0 Å². The van der Waals surface area contributed by atoms with Crippen molar-refractivity contribution in [3.05, 3.63) is 62.5 Å². The number of nitrogens with one attached hydrogen (secondary N) is 1. The highest BCUT2D eigenvalue weighted by Gasteiger charge is 2.05. The fourth-order valence-electron chi connectivity index (χ4n) is 1.71. The molecule has 0 radical (unpaired) electrons. The summed E-state index contributed by atoms with van der Waals surface area (Å²) in [5, 5.41) is 3.78. The first kappa shape index (κ1) is 16.7. The Labute approximate surface area is 146 Å². The zero-order valence-electron chi connectivity index (χ0n) is 10.9. The highest BCUT2D eigenvalue weighted by molar-refractivity contribution is 9.10. The summed E-state index contributed by atoms with van der Waals surface area (Å²) in [6.07, 6.45) is 0. The molecular formula is C15H12BrCl2NOS. The Morgan fingerprint density at radius 2 is 1.86 bits per heavy atom. The van der Waals surface area contributed by atoms with Gasteiger partial charge < -0.3 is 5.32 Å². The van der Waals surface area contributed by atoms with Gasteiger partial charge in [-0.2, -0.15) is 0 Å². The number of carbonyl (C=O) groups excluding carboxylic acids is 1. The summed E-state index contributed by atoms with van der Waals surface area (Å²) in [7, 11) is 0. The average molecular weight is 405 g/mol. The van der Waals surface area contributed by atoms with Crippen LogP contribution in [0, 0.1) is 0 Å². The molecule has 0 bridgehead atoms. The molecule has 2 nitrogen and oxygen atoms in total. The lowest BCUT2D eigenvalue weighted by molar-refractivity contribution is -0.113. The number of thioether (sulfide) groups is 1. The molecule has 0 unspecified atom stereocenters. The lowest BCUT2D eigenvalue weighted by Crippen LogP contribution is -2.14. The smallest absolute Gasteiger partial charge is 0.234 e. The molecule has 110 valence electrons. The van der Waals surface area contributed by atoms with Crippen molar-refractivity contribution < 1.29 is 4.79 Å². The van der Waals surface area contributed by atoms with E-state index in [4.69, 9.17) is 23.2 Å². The third-order valence-electron chi connectivity index (χ3n) is 2.54. The maximum Gasteiger partial charge on any atom is 0.234 e. The molecule has 0 heterocycles. The van der Waals surface area contributed by atoms with Gasteiger partial charge in [0.15, 0.2) is 0 Å². The Hall–Kier alpha value is -0.680. The van der Waals surface area contributed by atoms with Crippen LogP contribution in [0.4, 0.5) is 5.69 Å². The van der Waals surface area contributed by atoms with E-state index in [9.17, 15) is 4.79 Å². The highest BCUT2D eigenvalue weighted by Crippen LogP contribution is 2.23. The second-order valence-corrected chi connectivity index (χ2v) is 7.10. The molecule has 2 aromatic carbocycles. The Kier molecular flexibility index (Phi) is 6.42. The van der Waals surface area contributed by atoms with Gasteiger partial charge in [0, 0.05) is 26.0 Å². The van der Waals surface area contributed by atoms with Crippen molar-refractivity contribution in [3.8, 4) is 0 Å². The minimum Gasteiger partial charge on any atom is -0.325 e. The van der Waals surface area contributed by atoms with Crippen LogP contribution in [0.25, 0.3) is 0 Å². The van der Waals surface area contributed by atoms with Crippen molar-refractivity contribution in [1.82, 2.24) is 0 Å². The molecule has 0 aromatic heterocycles. The number of hydrogen-bond donors (Lipinski definition) is 1. The summed E-state index contributed by atoms with van der Waals surface area (Å²) in [4.78, 5) is 11.9. The molecular weight excluding hydrogens is 393 g/mol. The normalized spacial score (nSPS) is 10.4. The molecule has 0 aliphatic heterocycles. The van der Waals surface area contributed by atoms with Crippen LogP contribution in [0.1, 0.15) is 5.56 Å². The Morgan fingerprint density at radius 1 is 1.14 bits per heavy atom. The number of anilines is 1. The number of amides is 1. The number of carbonyl (C=O) groups is 1. The SMILES string of the molecule is O=C(CSCc1cccc(Br)c1)Nc1cc(Cl)cc(Cl)c1. The Morgan fingerprint density at radius 3 is 2.52 bits per heavy atom. The van der Waals surface area contributed by atoms with Gasteiger partial charge in [-0.15, -0.1) is 11.8 Å². The molecule has 0 saturated carbocycles. The van der Waals surface area contributed by atoms with Gasteiger partial charge in [-0.25, -0.2) is 0 Å². The molecule has 0 spiro atoms. The summed E-state index contributed by atoms with van der Waals surface area (Å²) in [5.41, 5.74) is 1.79. The molecule has 0 fully saturated rings. The summed E-state index contributed by atoms with van der Waals surface area (Å²) in [6, 6.07) is 13.0. The monoisotopic (exact) mass is 403 g/mol. The zero-order valence-corrected chi connectivity index (χ0v) is 14.8. The van der Waals surface area contributed by atoms with Crippen LogP contribution in [-0.4, -0.2) is 11.7 Å². The van der Waals surface area contributed by atoms with Gasteiger partial charge in [0.2, 0.25) is 5.91 Å². The lowest BCUT2D eigenvalue weighted by atomic mass is 10.2. The van der Waals surface area contributed by atoms with Gasteiger partial charge in [-0.05, 0) is 35.9 Å². The van der Waals surface area contributed by atoms with Crippen molar-refractivity contribution in [1.29, 1.82) is 0 Å². The second-order valence-electron chi connectivity index (χ2n) is 4.33. The minimum absolute atomic E-state index is 0.0756. The largest absolute Gasteiger partial charge is 0.325 e. The lowest BCUT2D eigenvalue weighted by Gasteiger charge is -2.06. The van der Waals surface area contributed by atoms with Crippen LogP contribution in [0.5, 0.6) is 0 Å². The summed E-state index contributed by atoms with van der Waals surface area (Å²) in [6.45, 7) is 0. The van der Waals surface area contributed by atoms with E-state index in [0.29, 0.717) is 21.5 Å². The molecule has 21 heavy (non-hydrogen) atoms. The fourth-order valence-corrected chi connectivity index (χ4v) is 3.46. The second kappa shape index (κ2) is 8.08. The maximum atomic E-state index is 11.9. The van der Waals surface area contributed by atoms with Crippen LogP contribution in [0.2, 0.25) is 10.0 Å². The van der Waals surface area contributed by atoms with Gasteiger partial charge >= 0.3 is 0 Å². The third-order valence-corrected chi connectivity index (χ3v) is 4.47. The molecule has 1 amide bonds. The van der Waals surface area contributed by atoms with Crippen LogP contribution in [-0.2, 0) is 10.5 Å². The first-order valence-electron chi connectivity index (χ1n) is 6.11. The summed E-state index contributed by atoms with van der Waals surface area (Å²) < 4.78 is 1.04. The van der Waals surface area contributed by atoms with Crippen LogP contribution in [0.15, 0.2) is 46.9 Å². The Balaban J connectivity index is 1.82. The standard InChI is InChI=1S/C15H12BrCl2NOS/c16-11-3-1-2-10(4-11)8-21-9-15(20)19-14-6-12(17)5-13(18)7-14/h1-7H,8-9H2,(H,19,20). The summed E-state index contributed by atoms with van der Waals surface area (Å²) in [5.74, 6) is 1.08. The van der Waals surface area contributed by atoms with Gasteiger partial charge in [0.25, 0.3) is 0 Å². The van der Waals surface area contributed by atoms with Crippen molar-refractivity contribution in [3.63, 3.8) is 0 Å². The highest BCUT2D eigenvalue weighted by atomic mass is 79.9. The van der Waals surface area contributed by atoms with Crippen molar-refractivity contribution in [2.75, 3.05) is 11.1 Å². The van der Waals surface area contributed by atoms with Gasteiger partial charge in [-0.1, -0.05) is 51.3 Å². The van der Waals surface area contributed by atoms with Gasteiger partial charge in [0.05, 0.1) is 5.75 Å². The van der Waals surface area contributed by atoms with E-state index in [0.717, 1.165) is 10.2 Å². The van der Waals surface area contributed by atoms with E-state index >= 15 is 0 Å². The number of halogens is 3. The first-order valence-corrected chi connectivity index (χ1v) is 8.81. The van der Waals surface area contributed by atoms with E-state index in [1.807, 2.05) is 24.3 Å². The molecule has 1 N–H and O–H groups in total. The molecule has 0 saturated heterocycles. The minimum atomic E-state index is -0.0756. The van der Waals surface area contributed by atoms with Crippen LogP contribution < -0.4 is 5.32 Å². The predicted molar refractivity (Wildman–Crippen MR) is 95.4 cm³/mol. The first-order chi connectivity index (χ1) is 10.0. The topological polar surface area (TPSA) is 29.1 Å². The van der Waals surface area contributed by atoms with Crippen LogP contribution in [0.3, 0.4) is 0 Å². The Bertz CT molecular complexity index is 631. The van der Waals surface area contributed by atoms with Crippen LogP contribution >= 0.6 is 50.9 Å². The predicted octanol–water partition coefficient (Wildman–Crippen LogP) is 5.63. The van der Waals surface area contributed by atoms with E-state index in [1.54, 1.807) is 30.0 Å². The number of hydrogen-bond acceptors (Lipinski definition) is 2. The summed E-state index contributed by atoms with van der Waals surface area (Å²) >= 11 is 16.8. The van der Waals surface area contributed by atoms with E-state index in [1.165, 1.54) is 5.56 Å². The molecule has 0 aliphatic rings. The van der Waals surface area contributed by atoms with Gasteiger partial charge in [0.1, 0.15) is 0 Å². The molecule has 6 heteroatoms. The quantitative estimate of drug-likeness (QED) is 0.699. The number of benzene rings is 2. The van der Waals surface area contributed by atoms with E-state index in [2.05, 4.69) is 21.2 Å². The molecule has 0 atom stereocenters. The maximum absolute atomic E-state index is 11.9. The van der Waals surface area contributed by atoms with Gasteiger partial charge in [-0.3, -0.25) is 4.79 Å². The molecule has 0 aliphatic carbocycles. The fraction of sp³-hybridized carbons (Fsp3) is 0.133. The number of rotatable bonds is 5. The average Bonchev–Trinajstić information content (AvgIpc) is 2.37. The van der Waals surface area contributed by atoms with Crippen molar-refractivity contribution in [2.45, 2.75) is 5.75 Å². The zero-order chi connectivity index (χ0) is 15.2. The van der Waals surface area contributed by atoms with Crippen molar-refractivity contribution in [2.24, 2.45) is 0 Å². The molecule has 2 rings (SSSR count). The van der Waals surface area contributed by atoms with E-state index in [-0.39, 0.29) is 5.91 Å². The van der Waals surface area contributed by atoms with Crippen molar-refractivity contribution >= 4 is 62.5 Å². The molecule has 2 aromatic rings. The third kappa shape index (κ3) is 5.91.